The summed E-state index contributed by atoms with van der Waals surface area (Å²) in [5.74, 6) is 0. The van der Waals surface area contributed by atoms with Crippen molar-refractivity contribution in [3.8, 4) is 0 Å². The Morgan fingerprint density at radius 3 is 2.90 bits per heavy atom. The Labute approximate surface area is 122 Å². The number of nitrogens with zero attached hydrogens (tertiary/aromatic N) is 2. The van der Waals surface area contributed by atoms with Crippen LogP contribution in [0.4, 0.5) is 10.5 Å². The highest BCUT2D eigenvalue weighted by molar-refractivity contribution is 5.89. The van der Waals surface area contributed by atoms with Gasteiger partial charge in [0.2, 0.25) is 0 Å². The number of anilines is 1. The summed E-state index contributed by atoms with van der Waals surface area (Å²) in [4.78, 5) is 23.1. The van der Waals surface area contributed by atoms with Gasteiger partial charge >= 0.3 is 6.03 Å². The van der Waals surface area contributed by atoms with Crippen LogP contribution in [-0.2, 0) is 6.54 Å². The Morgan fingerprint density at radius 1 is 1.29 bits per heavy atom. The standard InChI is InChI=1S/C15H18N4O2/c1-12-5-2-6-13(11-12)18-15(21)16-8-4-10-19-14(20)7-3-9-17-19/h2-3,5-7,9,11H,4,8,10H2,1H3,(H2,16,18,21). The Bertz CT molecular complexity index is 666. The van der Waals surface area contributed by atoms with Gasteiger partial charge in [0.05, 0.1) is 0 Å². The van der Waals surface area contributed by atoms with Gasteiger partial charge in [-0.15, -0.1) is 0 Å². The first-order valence-electron chi connectivity index (χ1n) is 6.79. The number of amides is 2. The van der Waals surface area contributed by atoms with E-state index in [4.69, 9.17) is 0 Å². The molecule has 0 unspecified atom stereocenters. The van der Waals surface area contributed by atoms with Gasteiger partial charge in [0.15, 0.2) is 0 Å². The SMILES string of the molecule is Cc1cccc(NC(=O)NCCCn2ncccc2=O)c1. The van der Waals surface area contributed by atoms with E-state index >= 15 is 0 Å². The fraction of sp³-hybridized carbons (Fsp3) is 0.267. The van der Waals surface area contributed by atoms with Gasteiger partial charge in [-0.25, -0.2) is 9.48 Å². The molecule has 2 N–H and O–H groups in total. The number of hydrogen-bond donors (Lipinski definition) is 2. The third-order valence-electron chi connectivity index (χ3n) is 2.89. The summed E-state index contributed by atoms with van der Waals surface area (Å²) in [6.45, 7) is 2.92. The minimum atomic E-state index is -0.256. The molecule has 0 aliphatic heterocycles. The van der Waals surface area contributed by atoms with Crippen molar-refractivity contribution in [2.45, 2.75) is 19.9 Å². The van der Waals surface area contributed by atoms with E-state index < -0.39 is 0 Å². The molecular weight excluding hydrogens is 268 g/mol. The maximum Gasteiger partial charge on any atom is 0.319 e. The van der Waals surface area contributed by atoms with E-state index in [1.807, 2.05) is 31.2 Å². The summed E-state index contributed by atoms with van der Waals surface area (Å²) in [6, 6.07) is 10.4. The molecule has 1 aromatic carbocycles. The molecule has 0 aliphatic carbocycles. The molecule has 0 aliphatic rings. The smallest absolute Gasteiger partial charge is 0.319 e. The first kappa shape index (κ1) is 14.8. The normalized spacial score (nSPS) is 10.1. The minimum Gasteiger partial charge on any atom is -0.338 e. The second-order valence-electron chi connectivity index (χ2n) is 4.69. The molecule has 6 nitrogen and oxygen atoms in total. The highest BCUT2D eigenvalue weighted by atomic mass is 16.2. The maximum absolute atomic E-state index is 11.7. The molecule has 0 spiro atoms. The zero-order chi connectivity index (χ0) is 15.1. The zero-order valence-corrected chi connectivity index (χ0v) is 11.9. The van der Waals surface area contributed by atoms with Crippen molar-refractivity contribution >= 4 is 11.7 Å². The van der Waals surface area contributed by atoms with Crippen molar-refractivity contribution in [3.05, 3.63) is 58.5 Å². The van der Waals surface area contributed by atoms with Crippen LogP contribution in [0.2, 0.25) is 0 Å². The number of carbonyl (C=O) groups excluding carboxylic acids is 1. The molecule has 1 heterocycles. The summed E-state index contributed by atoms with van der Waals surface area (Å²) in [7, 11) is 0. The predicted molar refractivity (Wildman–Crippen MR) is 81.3 cm³/mol. The lowest BCUT2D eigenvalue weighted by Crippen LogP contribution is -2.31. The Hall–Kier alpha value is -2.63. The first-order valence-corrected chi connectivity index (χ1v) is 6.79. The Morgan fingerprint density at radius 2 is 2.14 bits per heavy atom. The fourth-order valence-electron chi connectivity index (χ4n) is 1.88. The Balaban J connectivity index is 1.72. The van der Waals surface area contributed by atoms with Crippen LogP contribution in [0.15, 0.2) is 47.4 Å². The van der Waals surface area contributed by atoms with Crippen molar-refractivity contribution in [1.29, 1.82) is 0 Å². The van der Waals surface area contributed by atoms with Crippen molar-refractivity contribution in [2.75, 3.05) is 11.9 Å². The van der Waals surface area contributed by atoms with Crippen LogP contribution in [0, 0.1) is 6.92 Å². The quantitative estimate of drug-likeness (QED) is 0.822. The molecule has 0 saturated carbocycles. The molecule has 0 fully saturated rings. The molecule has 0 saturated heterocycles. The predicted octanol–water partition coefficient (Wildman–Crippen LogP) is 1.76. The molecule has 2 amide bonds. The number of benzene rings is 1. The van der Waals surface area contributed by atoms with Crippen molar-refractivity contribution < 1.29 is 4.79 Å². The van der Waals surface area contributed by atoms with Gasteiger partial charge in [-0.2, -0.15) is 5.10 Å². The van der Waals surface area contributed by atoms with Crippen LogP contribution in [0.25, 0.3) is 0 Å². The largest absolute Gasteiger partial charge is 0.338 e. The van der Waals surface area contributed by atoms with Crippen LogP contribution >= 0.6 is 0 Å². The summed E-state index contributed by atoms with van der Waals surface area (Å²) >= 11 is 0. The van der Waals surface area contributed by atoms with E-state index in [-0.39, 0.29) is 11.6 Å². The van der Waals surface area contributed by atoms with Gasteiger partial charge in [0, 0.05) is 31.0 Å². The van der Waals surface area contributed by atoms with Crippen molar-refractivity contribution in [3.63, 3.8) is 0 Å². The monoisotopic (exact) mass is 286 g/mol. The molecular formula is C15H18N4O2. The number of carbonyl (C=O) groups is 1. The highest BCUT2D eigenvalue weighted by Gasteiger charge is 2.01. The van der Waals surface area contributed by atoms with E-state index in [2.05, 4.69) is 15.7 Å². The lowest BCUT2D eigenvalue weighted by molar-refractivity contribution is 0.251. The molecule has 0 bridgehead atoms. The molecule has 21 heavy (non-hydrogen) atoms. The maximum atomic E-state index is 11.7. The Kier molecular flexibility index (Phi) is 5.09. The molecule has 110 valence electrons. The third kappa shape index (κ3) is 4.76. The van der Waals surface area contributed by atoms with Crippen molar-refractivity contribution in [1.82, 2.24) is 15.1 Å². The summed E-state index contributed by atoms with van der Waals surface area (Å²) in [6.07, 6.45) is 2.21. The molecule has 0 atom stereocenters. The van der Waals surface area contributed by atoms with Crippen LogP contribution < -0.4 is 16.2 Å². The number of aryl methyl sites for hydroxylation is 2. The van der Waals surface area contributed by atoms with E-state index in [9.17, 15) is 9.59 Å². The zero-order valence-electron chi connectivity index (χ0n) is 11.9. The topological polar surface area (TPSA) is 76.0 Å². The van der Waals surface area contributed by atoms with Crippen LogP contribution in [0.5, 0.6) is 0 Å². The number of hydrogen-bond acceptors (Lipinski definition) is 3. The van der Waals surface area contributed by atoms with E-state index in [0.717, 1.165) is 11.3 Å². The molecule has 6 heteroatoms. The van der Waals surface area contributed by atoms with Crippen LogP contribution in [-0.4, -0.2) is 22.4 Å². The van der Waals surface area contributed by atoms with E-state index in [0.29, 0.717) is 19.5 Å². The van der Waals surface area contributed by atoms with E-state index in [1.54, 1.807) is 12.3 Å². The highest BCUT2D eigenvalue weighted by Crippen LogP contribution is 2.08. The van der Waals surface area contributed by atoms with Gasteiger partial charge in [-0.05, 0) is 37.1 Å². The average Bonchev–Trinajstić information content (AvgIpc) is 2.45. The molecule has 0 radical (unpaired) electrons. The second kappa shape index (κ2) is 7.23. The van der Waals surface area contributed by atoms with Gasteiger partial charge in [-0.3, -0.25) is 4.79 Å². The first-order chi connectivity index (χ1) is 10.1. The minimum absolute atomic E-state index is 0.137. The van der Waals surface area contributed by atoms with Crippen LogP contribution in [0.3, 0.4) is 0 Å². The number of aromatic nitrogens is 2. The van der Waals surface area contributed by atoms with Crippen LogP contribution in [0.1, 0.15) is 12.0 Å². The van der Waals surface area contributed by atoms with Gasteiger partial charge < -0.3 is 10.6 Å². The van der Waals surface area contributed by atoms with Gasteiger partial charge in [0.1, 0.15) is 0 Å². The number of urea groups is 1. The molecule has 2 rings (SSSR count). The summed E-state index contributed by atoms with van der Waals surface area (Å²) in [5, 5.41) is 9.45. The lowest BCUT2D eigenvalue weighted by atomic mass is 10.2. The van der Waals surface area contributed by atoms with Gasteiger partial charge in [0.25, 0.3) is 5.56 Å². The number of nitrogens with one attached hydrogen (secondary N) is 2. The average molecular weight is 286 g/mol. The van der Waals surface area contributed by atoms with E-state index in [1.165, 1.54) is 10.7 Å². The van der Waals surface area contributed by atoms with Gasteiger partial charge in [-0.1, -0.05) is 12.1 Å². The summed E-state index contributed by atoms with van der Waals surface area (Å²) < 4.78 is 1.38. The lowest BCUT2D eigenvalue weighted by Gasteiger charge is -2.08. The molecule has 2 aromatic rings. The molecule has 1 aromatic heterocycles. The second-order valence-corrected chi connectivity index (χ2v) is 4.69. The number of rotatable bonds is 5. The fourth-order valence-corrected chi connectivity index (χ4v) is 1.88. The summed E-state index contributed by atoms with van der Waals surface area (Å²) in [5.41, 5.74) is 1.71. The van der Waals surface area contributed by atoms with Crippen molar-refractivity contribution in [2.24, 2.45) is 0 Å². The third-order valence-corrected chi connectivity index (χ3v) is 2.89.